The first-order chi connectivity index (χ1) is 13.9. The molecule has 2 heterocycles. The van der Waals surface area contributed by atoms with E-state index in [1.165, 1.54) is 12.6 Å². The second-order valence-corrected chi connectivity index (χ2v) is 7.94. The number of benzene rings is 1. The topological polar surface area (TPSA) is 87.7 Å². The van der Waals surface area contributed by atoms with Gasteiger partial charge in [-0.25, -0.2) is 4.79 Å². The van der Waals surface area contributed by atoms with Crippen molar-refractivity contribution in [2.75, 3.05) is 30.4 Å². The number of hydrogen-bond acceptors (Lipinski definition) is 6. The van der Waals surface area contributed by atoms with Crippen LogP contribution in [-0.4, -0.2) is 44.0 Å². The molecule has 0 radical (unpaired) electrons. The van der Waals surface area contributed by atoms with Crippen molar-refractivity contribution in [2.24, 2.45) is 0 Å². The number of rotatable bonds is 6. The SMILES string of the molecule is CCOC(=O)c1c(NC(=O)CN2c3ccccc3C[C@@H]2C)sc(C(=O)NC)c1C. The van der Waals surface area contributed by atoms with Crippen LogP contribution in [0.5, 0.6) is 0 Å². The third-order valence-electron chi connectivity index (χ3n) is 4.97. The van der Waals surface area contributed by atoms with E-state index in [1.54, 1.807) is 13.8 Å². The van der Waals surface area contributed by atoms with Crippen molar-refractivity contribution in [2.45, 2.75) is 33.2 Å². The van der Waals surface area contributed by atoms with E-state index in [2.05, 4.69) is 28.5 Å². The Morgan fingerprint density at radius 3 is 2.69 bits per heavy atom. The molecule has 1 aromatic heterocycles. The summed E-state index contributed by atoms with van der Waals surface area (Å²) in [5.41, 5.74) is 3.00. The van der Waals surface area contributed by atoms with E-state index in [0.29, 0.717) is 15.4 Å². The van der Waals surface area contributed by atoms with Gasteiger partial charge in [0.2, 0.25) is 5.91 Å². The van der Waals surface area contributed by atoms with E-state index in [1.807, 2.05) is 18.2 Å². The number of thiophene rings is 1. The lowest BCUT2D eigenvalue weighted by molar-refractivity contribution is -0.115. The zero-order valence-electron chi connectivity index (χ0n) is 17.0. The highest BCUT2D eigenvalue weighted by molar-refractivity contribution is 7.18. The van der Waals surface area contributed by atoms with Crippen molar-refractivity contribution in [3.63, 3.8) is 0 Å². The number of amides is 2. The maximum absolute atomic E-state index is 12.8. The predicted octanol–water partition coefficient (Wildman–Crippen LogP) is 2.98. The number of carbonyl (C=O) groups excluding carboxylic acids is 3. The van der Waals surface area contributed by atoms with Gasteiger partial charge in [-0.3, -0.25) is 9.59 Å². The van der Waals surface area contributed by atoms with Crippen LogP contribution >= 0.6 is 11.3 Å². The molecule has 2 amide bonds. The van der Waals surface area contributed by atoms with Crippen molar-refractivity contribution in [3.05, 3.63) is 45.8 Å². The van der Waals surface area contributed by atoms with Gasteiger partial charge in [0.1, 0.15) is 5.00 Å². The molecule has 0 bridgehead atoms. The second kappa shape index (κ2) is 8.65. The lowest BCUT2D eigenvalue weighted by Gasteiger charge is -2.24. The summed E-state index contributed by atoms with van der Waals surface area (Å²) < 4.78 is 5.13. The number of carbonyl (C=O) groups is 3. The maximum atomic E-state index is 12.8. The molecule has 29 heavy (non-hydrogen) atoms. The van der Waals surface area contributed by atoms with Crippen LogP contribution in [0.3, 0.4) is 0 Å². The summed E-state index contributed by atoms with van der Waals surface area (Å²) in [5, 5.41) is 5.72. The molecule has 1 aliphatic rings. The van der Waals surface area contributed by atoms with Gasteiger partial charge in [-0.1, -0.05) is 18.2 Å². The fourth-order valence-corrected chi connectivity index (χ4v) is 4.73. The zero-order chi connectivity index (χ0) is 21.1. The monoisotopic (exact) mass is 415 g/mol. The van der Waals surface area contributed by atoms with Crippen molar-refractivity contribution in [1.82, 2.24) is 5.32 Å². The third-order valence-corrected chi connectivity index (χ3v) is 6.18. The van der Waals surface area contributed by atoms with Crippen molar-refractivity contribution < 1.29 is 19.1 Å². The summed E-state index contributed by atoms with van der Waals surface area (Å²) in [6, 6.07) is 8.24. The van der Waals surface area contributed by atoms with Crippen LogP contribution < -0.4 is 15.5 Å². The number of nitrogens with one attached hydrogen (secondary N) is 2. The summed E-state index contributed by atoms with van der Waals surface area (Å²) in [6.07, 6.45) is 0.885. The van der Waals surface area contributed by atoms with E-state index in [9.17, 15) is 14.4 Å². The molecule has 7 nitrogen and oxygen atoms in total. The summed E-state index contributed by atoms with van der Waals surface area (Å²) in [7, 11) is 1.52. The van der Waals surface area contributed by atoms with Gasteiger partial charge in [-0.15, -0.1) is 11.3 Å². The van der Waals surface area contributed by atoms with Crippen molar-refractivity contribution >= 4 is 39.8 Å². The Morgan fingerprint density at radius 1 is 1.28 bits per heavy atom. The van der Waals surface area contributed by atoms with E-state index >= 15 is 0 Å². The van der Waals surface area contributed by atoms with Crippen molar-refractivity contribution in [3.8, 4) is 0 Å². The Kier molecular flexibility index (Phi) is 6.22. The highest BCUT2D eigenvalue weighted by Gasteiger charge is 2.29. The summed E-state index contributed by atoms with van der Waals surface area (Å²) >= 11 is 1.08. The number of nitrogens with zero attached hydrogens (tertiary/aromatic N) is 1. The van der Waals surface area contributed by atoms with Crippen LogP contribution in [0.2, 0.25) is 0 Å². The largest absolute Gasteiger partial charge is 0.462 e. The Morgan fingerprint density at radius 2 is 2.00 bits per heavy atom. The standard InChI is InChI=1S/C21H25N3O4S/c1-5-28-21(27)17-13(3)18(19(26)22-4)29-20(17)23-16(25)11-24-12(2)10-14-8-6-7-9-15(14)24/h6-9,12H,5,10-11H2,1-4H3,(H,22,26)(H,23,25)/t12-/m0/s1. The smallest absolute Gasteiger partial charge is 0.341 e. The predicted molar refractivity (Wildman–Crippen MR) is 114 cm³/mol. The number of fused-ring (bicyclic) bond motifs is 1. The number of hydrogen-bond donors (Lipinski definition) is 2. The number of esters is 1. The zero-order valence-corrected chi connectivity index (χ0v) is 17.8. The van der Waals surface area contributed by atoms with Gasteiger partial charge < -0.3 is 20.3 Å². The molecule has 154 valence electrons. The van der Waals surface area contributed by atoms with Crippen LogP contribution in [0.1, 0.15) is 45.0 Å². The molecule has 0 fully saturated rings. The summed E-state index contributed by atoms with van der Waals surface area (Å²) in [5.74, 6) is -1.10. The van der Waals surface area contributed by atoms with E-state index < -0.39 is 5.97 Å². The molecule has 0 unspecified atom stereocenters. The average Bonchev–Trinajstić information content (AvgIpc) is 3.18. The first-order valence-corrected chi connectivity index (χ1v) is 10.4. The molecule has 1 aromatic carbocycles. The minimum absolute atomic E-state index is 0.159. The van der Waals surface area contributed by atoms with Crippen LogP contribution in [0.25, 0.3) is 0 Å². The Balaban J connectivity index is 1.84. The van der Waals surface area contributed by atoms with E-state index in [4.69, 9.17) is 4.74 Å². The molecular formula is C21H25N3O4S. The highest BCUT2D eigenvalue weighted by Crippen LogP contribution is 2.35. The molecule has 0 saturated carbocycles. The van der Waals surface area contributed by atoms with Crippen LogP contribution in [0.4, 0.5) is 10.7 Å². The minimum Gasteiger partial charge on any atom is -0.462 e. The number of ether oxygens (including phenoxy) is 1. The Bertz CT molecular complexity index is 953. The lowest BCUT2D eigenvalue weighted by Crippen LogP contribution is -2.37. The van der Waals surface area contributed by atoms with Gasteiger partial charge in [0, 0.05) is 18.8 Å². The van der Waals surface area contributed by atoms with Gasteiger partial charge >= 0.3 is 5.97 Å². The quantitative estimate of drug-likeness (QED) is 0.708. The lowest BCUT2D eigenvalue weighted by atomic mass is 10.1. The van der Waals surface area contributed by atoms with Gasteiger partial charge in [0.15, 0.2) is 0 Å². The molecule has 1 aliphatic heterocycles. The van der Waals surface area contributed by atoms with E-state index in [0.717, 1.165) is 23.4 Å². The van der Waals surface area contributed by atoms with Crippen LogP contribution in [0.15, 0.2) is 24.3 Å². The first-order valence-electron chi connectivity index (χ1n) is 9.54. The number of anilines is 2. The third kappa shape index (κ3) is 4.12. The molecule has 2 N–H and O–H groups in total. The highest BCUT2D eigenvalue weighted by atomic mass is 32.1. The molecule has 3 rings (SSSR count). The fraction of sp³-hybridized carbons (Fsp3) is 0.381. The molecule has 0 spiro atoms. The number of para-hydroxylation sites is 1. The molecule has 0 saturated heterocycles. The molecule has 0 aliphatic carbocycles. The maximum Gasteiger partial charge on any atom is 0.341 e. The van der Waals surface area contributed by atoms with Crippen molar-refractivity contribution in [1.29, 1.82) is 0 Å². The molecule has 8 heteroatoms. The van der Waals surface area contributed by atoms with E-state index in [-0.39, 0.29) is 36.6 Å². The molecule has 2 aromatic rings. The minimum atomic E-state index is -0.549. The van der Waals surface area contributed by atoms with Gasteiger partial charge in [-0.05, 0) is 44.4 Å². The van der Waals surface area contributed by atoms with Gasteiger partial charge in [0.05, 0.1) is 23.6 Å². The van der Waals surface area contributed by atoms with Crippen LogP contribution in [0, 0.1) is 6.92 Å². The van der Waals surface area contributed by atoms with Crippen LogP contribution in [-0.2, 0) is 16.0 Å². The fourth-order valence-electron chi connectivity index (χ4n) is 3.57. The van der Waals surface area contributed by atoms with Gasteiger partial charge in [0.25, 0.3) is 5.91 Å². The first kappa shape index (κ1) is 20.9. The van der Waals surface area contributed by atoms with Gasteiger partial charge in [-0.2, -0.15) is 0 Å². The normalized spacial score (nSPS) is 15.0. The summed E-state index contributed by atoms with van der Waals surface area (Å²) in [6.45, 7) is 5.84. The molecular weight excluding hydrogens is 390 g/mol. The second-order valence-electron chi connectivity index (χ2n) is 6.92. The Labute approximate surface area is 174 Å². The molecule has 1 atom stereocenters. The Hall–Kier alpha value is -2.87. The average molecular weight is 416 g/mol. The summed E-state index contributed by atoms with van der Waals surface area (Å²) in [4.78, 5) is 39.8.